The number of aromatic amines is 1. The van der Waals surface area contributed by atoms with Gasteiger partial charge in [0.05, 0.1) is 11.0 Å². The third-order valence-corrected chi connectivity index (χ3v) is 7.71. The molecular weight excluding hydrogens is 466 g/mol. The summed E-state index contributed by atoms with van der Waals surface area (Å²) in [5, 5.41) is 4.86. The minimum atomic E-state index is -1.22. The lowest BCUT2D eigenvalue weighted by atomic mass is 9.90. The summed E-state index contributed by atoms with van der Waals surface area (Å²) < 4.78 is 0. The number of rotatable bonds is 4. The highest BCUT2D eigenvalue weighted by Gasteiger charge is 2.50. The van der Waals surface area contributed by atoms with Gasteiger partial charge < -0.3 is 15.2 Å². The molecule has 0 spiro atoms. The number of nitrogens with zero attached hydrogens (tertiary/aromatic N) is 3. The first-order chi connectivity index (χ1) is 17.8. The van der Waals surface area contributed by atoms with Gasteiger partial charge in [0.2, 0.25) is 5.91 Å². The van der Waals surface area contributed by atoms with Crippen LogP contribution in [0, 0.1) is 6.92 Å². The van der Waals surface area contributed by atoms with Gasteiger partial charge in [0.1, 0.15) is 17.9 Å². The molecule has 2 N–H and O–H groups in total. The first kappa shape index (κ1) is 23.2. The molecule has 4 amide bonds. The smallest absolute Gasteiger partial charge is 0.325 e. The number of carbonyl (C=O) groups is 3. The van der Waals surface area contributed by atoms with Crippen molar-refractivity contribution < 1.29 is 14.4 Å². The largest absolute Gasteiger partial charge is 0.342 e. The highest BCUT2D eigenvalue weighted by molar-refractivity contribution is 6.09. The second-order valence-electron chi connectivity index (χ2n) is 10.3. The van der Waals surface area contributed by atoms with Gasteiger partial charge >= 0.3 is 6.03 Å². The maximum atomic E-state index is 13.5. The van der Waals surface area contributed by atoms with E-state index in [1.165, 1.54) is 0 Å². The van der Waals surface area contributed by atoms with Gasteiger partial charge in [0, 0.05) is 19.0 Å². The fourth-order valence-electron chi connectivity index (χ4n) is 5.54. The number of imide groups is 1. The first-order valence-corrected chi connectivity index (χ1v) is 12.7. The Balaban J connectivity index is 1.18. The van der Waals surface area contributed by atoms with E-state index < -0.39 is 17.5 Å². The summed E-state index contributed by atoms with van der Waals surface area (Å²) in [5.74, 6) is 0.304. The van der Waals surface area contributed by atoms with E-state index in [1.54, 1.807) is 11.8 Å². The zero-order chi connectivity index (χ0) is 25.7. The number of aromatic nitrogens is 2. The summed E-state index contributed by atoms with van der Waals surface area (Å²) in [5.41, 5.74) is 2.53. The highest BCUT2D eigenvalue weighted by Crippen LogP contribution is 2.32. The monoisotopic (exact) mass is 495 g/mol. The van der Waals surface area contributed by atoms with Gasteiger partial charge in [-0.05, 0) is 66.8 Å². The van der Waals surface area contributed by atoms with Gasteiger partial charge in [0.25, 0.3) is 5.91 Å². The van der Waals surface area contributed by atoms with Gasteiger partial charge in [-0.15, -0.1) is 0 Å². The zero-order valence-corrected chi connectivity index (χ0v) is 21.0. The molecule has 0 saturated carbocycles. The lowest BCUT2D eigenvalue weighted by Gasteiger charge is -2.32. The average molecular weight is 496 g/mol. The molecule has 2 atom stereocenters. The zero-order valence-electron chi connectivity index (χ0n) is 21.0. The SMILES string of the molecule is Cc1ccc2nc(C3CCCN(C(=O)CN4C(=O)NC(C)(c5ccc6ccccc6c5)C4=O)C3)[nH]c2c1. The van der Waals surface area contributed by atoms with Crippen LogP contribution < -0.4 is 5.32 Å². The van der Waals surface area contributed by atoms with Gasteiger partial charge in [-0.1, -0.05) is 42.5 Å². The van der Waals surface area contributed by atoms with Crippen molar-refractivity contribution >= 4 is 39.7 Å². The normalized spacial score (nSPS) is 22.2. The summed E-state index contributed by atoms with van der Waals surface area (Å²) in [6, 6.07) is 19.1. The number of amides is 4. The predicted octanol–water partition coefficient (Wildman–Crippen LogP) is 4.20. The quantitative estimate of drug-likeness (QED) is 0.415. The molecule has 0 radical (unpaired) electrons. The number of hydrogen-bond acceptors (Lipinski definition) is 4. The van der Waals surface area contributed by atoms with E-state index in [0.717, 1.165) is 50.9 Å². The summed E-state index contributed by atoms with van der Waals surface area (Å²) >= 11 is 0. The van der Waals surface area contributed by atoms with Crippen molar-refractivity contribution in [1.82, 2.24) is 25.1 Å². The van der Waals surface area contributed by atoms with Crippen molar-refractivity contribution in [3.8, 4) is 0 Å². The molecule has 2 saturated heterocycles. The fourth-order valence-corrected chi connectivity index (χ4v) is 5.54. The molecule has 4 aromatic rings. The van der Waals surface area contributed by atoms with Crippen LogP contribution in [-0.2, 0) is 15.1 Å². The number of aryl methyl sites for hydroxylation is 1. The Morgan fingerprint density at radius 3 is 2.73 bits per heavy atom. The maximum absolute atomic E-state index is 13.5. The van der Waals surface area contributed by atoms with Crippen molar-refractivity contribution in [2.75, 3.05) is 19.6 Å². The van der Waals surface area contributed by atoms with Crippen molar-refractivity contribution in [2.45, 2.75) is 38.1 Å². The third-order valence-electron chi connectivity index (χ3n) is 7.71. The number of benzene rings is 3. The average Bonchev–Trinajstić information content (AvgIpc) is 3.42. The molecule has 0 aliphatic carbocycles. The van der Waals surface area contributed by atoms with E-state index in [2.05, 4.69) is 16.4 Å². The number of imidazole rings is 1. The molecule has 37 heavy (non-hydrogen) atoms. The molecule has 2 aliphatic heterocycles. The number of fused-ring (bicyclic) bond motifs is 2. The Bertz CT molecular complexity index is 1560. The Labute approximate surface area is 214 Å². The fraction of sp³-hybridized carbons (Fsp3) is 0.310. The topological polar surface area (TPSA) is 98.4 Å². The number of hydrogen-bond donors (Lipinski definition) is 2. The predicted molar refractivity (Wildman–Crippen MR) is 141 cm³/mol. The molecule has 8 nitrogen and oxygen atoms in total. The minimum absolute atomic E-state index is 0.0800. The minimum Gasteiger partial charge on any atom is -0.342 e. The molecule has 188 valence electrons. The van der Waals surface area contributed by atoms with E-state index in [0.29, 0.717) is 18.7 Å². The summed E-state index contributed by atoms with van der Waals surface area (Å²) in [6.07, 6.45) is 1.76. The number of nitrogens with one attached hydrogen (secondary N) is 2. The first-order valence-electron chi connectivity index (χ1n) is 12.7. The van der Waals surface area contributed by atoms with Crippen LogP contribution in [0.5, 0.6) is 0 Å². The van der Waals surface area contributed by atoms with Crippen LogP contribution in [0.1, 0.15) is 42.6 Å². The molecule has 3 aromatic carbocycles. The van der Waals surface area contributed by atoms with E-state index in [-0.39, 0.29) is 18.4 Å². The van der Waals surface area contributed by atoms with Crippen LogP contribution in [-0.4, -0.2) is 57.2 Å². The third kappa shape index (κ3) is 4.02. The summed E-state index contributed by atoms with van der Waals surface area (Å²) in [4.78, 5) is 50.6. The van der Waals surface area contributed by atoms with E-state index in [9.17, 15) is 14.4 Å². The molecule has 0 bridgehead atoms. The van der Waals surface area contributed by atoms with Crippen LogP contribution in [0.15, 0.2) is 60.7 Å². The van der Waals surface area contributed by atoms with Crippen LogP contribution >= 0.6 is 0 Å². The van der Waals surface area contributed by atoms with Crippen molar-refractivity contribution in [1.29, 1.82) is 0 Å². The summed E-state index contributed by atoms with van der Waals surface area (Å²) in [7, 11) is 0. The van der Waals surface area contributed by atoms with Crippen LogP contribution in [0.25, 0.3) is 21.8 Å². The van der Waals surface area contributed by atoms with Gasteiger partial charge in [-0.3, -0.25) is 14.5 Å². The molecule has 8 heteroatoms. The van der Waals surface area contributed by atoms with Crippen molar-refractivity contribution in [2.24, 2.45) is 0 Å². The molecule has 2 fully saturated rings. The molecule has 6 rings (SSSR count). The highest BCUT2D eigenvalue weighted by atomic mass is 16.2. The maximum Gasteiger partial charge on any atom is 0.325 e. The Hall–Kier alpha value is -4.20. The van der Waals surface area contributed by atoms with Crippen molar-refractivity contribution in [3.05, 3.63) is 77.6 Å². The second kappa shape index (κ2) is 8.73. The van der Waals surface area contributed by atoms with Gasteiger partial charge in [0.15, 0.2) is 0 Å². The Kier molecular flexibility index (Phi) is 5.47. The van der Waals surface area contributed by atoms with E-state index in [4.69, 9.17) is 4.98 Å². The molecule has 1 aromatic heterocycles. The van der Waals surface area contributed by atoms with Gasteiger partial charge in [-0.25, -0.2) is 9.78 Å². The number of carbonyl (C=O) groups excluding carboxylic acids is 3. The molecule has 2 unspecified atom stereocenters. The number of likely N-dealkylation sites (tertiary alicyclic amines) is 1. The van der Waals surface area contributed by atoms with Gasteiger partial charge in [-0.2, -0.15) is 0 Å². The molecule has 3 heterocycles. The van der Waals surface area contributed by atoms with E-state index in [1.807, 2.05) is 61.5 Å². The summed E-state index contributed by atoms with van der Waals surface area (Å²) in [6.45, 7) is 4.56. The van der Waals surface area contributed by atoms with Crippen LogP contribution in [0.2, 0.25) is 0 Å². The lowest BCUT2D eigenvalue weighted by molar-refractivity contribution is -0.139. The Morgan fingerprint density at radius 1 is 1.08 bits per heavy atom. The number of H-pyrrole nitrogens is 1. The molecule has 2 aliphatic rings. The number of piperidine rings is 1. The standard InChI is InChI=1S/C29H29N5O3/c1-18-9-12-23-24(14-18)31-26(30-23)21-8-5-13-33(16-21)25(35)17-34-27(36)29(2,32-28(34)37)22-11-10-19-6-3-4-7-20(19)15-22/h3-4,6-7,9-12,14-15,21H,5,8,13,16-17H2,1-2H3,(H,30,31)(H,32,37). The molecular formula is C29H29N5O3. The Morgan fingerprint density at radius 2 is 1.89 bits per heavy atom. The van der Waals surface area contributed by atoms with Crippen LogP contribution in [0.4, 0.5) is 4.79 Å². The van der Waals surface area contributed by atoms with E-state index >= 15 is 0 Å². The number of urea groups is 1. The van der Waals surface area contributed by atoms with Crippen LogP contribution in [0.3, 0.4) is 0 Å². The van der Waals surface area contributed by atoms with Crippen molar-refractivity contribution in [3.63, 3.8) is 0 Å². The second-order valence-corrected chi connectivity index (χ2v) is 10.3. The lowest BCUT2D eigenvalue weighted by Crippen LogP contribution is -2.47.